The van der Waals surface area contributed by atoms with Crippen LogP contribution in [0.3, 0.4) is 0 Å². The van der Waals surface area contributed by atoms with Crippen LogP contribution in [0.25, 0.3) is 0 Å². The van der Waals surface area contributed by atoms with Crippen molar-refractivity contribution < 1.29 is 18.3 Å². The van der Waals surface area contributed by atoms with Crippen LogP contribution in [0.4, 0.5) is 5.82 Å². The molecular weight excluding hydrogens is 270 g/mol. The summed E-state index contributed by atoms with van der Waals surface area (Å²) in [5.74, 6) is -0.815. The maximum absolute atomic E-state index is 12.1. The van der Waals surface area contributed by atoms with Gasteiger partial charge < -0.3 is 10.4 Å². The summed E-state index contributed by atoms with van der Waals surface area (Å²) >= 11 is 0. The van der Waals surface area contributed by atoms with E-state index in [2.05, 4.69) is 15.0 Å². The third kappa shape index (κ3) is 4.84. The average Bonchev–Trinajstić information content (AvgIpc) is 2.27. The molecule has 0 aromatic carbocycles. The standard InChI is InChI=1S/C11H17N3O4S/c1-8(2)14-19(17,18)9-4-3-6-12-11(9)13-7-5-10(15)16/h3-4,6,8,14H,5,7H2,1-2H3,(H,12,13)(H,15,16). The van der Waals surface area contributed by atoms with Crippen LogP contribution in [0.5, 0.6) is 0 Å². The van der Waals surface area contributed by atoms with Gasteiger partial charge in [-0.3, -0.25) is 4.79 Å². The SMILES string of the molecule is CC(C)NS(=O)(=O)c1cccnc1NCCC(=O)O. The predicted octanol–water partition coefficient (Wildman–Crippen LogP) is 0.655. The normalized spacial score (nSPS) is 11.5. The molecule has 19 heavy (non-hydrogen) atoms. The summed E-state index contributed by atoms with van der Waals surface area (Å²) in [7, 11) is -3.66. The lowest BCUT2D eigenvalue weighted by atomic mass is 10.4. The van der Waals surface area contributed by atoms with Crippen LogP contribution in [0.1, 0.15) is 20.3 Å². The van der Waals surface area contributed by atoms with Crippen molar-refractivity contribution in [3.63, 3.8) is 0 Å². The summed E-state index contributed by atoms with van der Waals surface area (Å²) in [5.41, 5.74) is 0. The van der Waals surface area contributed by atoms with Crippen molar-refractivity contribution in [3.8, 4) is 0 Å². The minimum Gasteiger partial charge on any atom is -0.481 e. The van der Waals surface area contributed by atoms with Crippen LogP contribution in [0, 0.1) is 0 Å². The van der Waals surface area contributed by atoms with Crippen LogP contribution >= 0.6 is 0 Å². The van der Waals surface area contributed by atoms with Gasteiger partial charge in [-0.1, -0.05) is 0 Å². The van der Waals surface area contributed by atoms with Crippen LogP contribution in [-0.2, 0) is 14.8 Å². The van der Waals surface area contributed by atoms with E-state index in [0.29, 0.717) is 0 Å². The molecule has 1 heterocycles. The molecule has 1 aromatic heterocycles. The van der Waals surface area contributed by atoms with Crippen molar-refractivity contribution in [2.75, 3.05) is 11.9 Å². The lowest BCUT2D eigenvalue weighted by Gasteiger charge is -2.13. The number of aliphatic carboxylic acids is 1. The molecule has 1 rings (SSSR count). The van der Waals surface area contributed by atoms with Crippen molar-refractivity contribution in [2.45, 2.75) is 31.2 Å². The number of sulfonamides is 1. The van der Waals surface area contributed by atoms with Gasteiger partial charge >= 0.3 is 5.97 Å². The van der Waals surface area contributed by atoms with Crippen molar-refractivity contribution in [1.29, 1.82) is 0 Å². The van der Waals surface area contributed by atoms with Crippen molar-refractivity contribution in [3.05, 3.63) is 18.3 Å². The molecule has 8 heteroatoms. The van der Waals surface area contributed by atoms with Gasteiger partial charge in [-0.25, -0.2) is 18.1 Å². The van der Waals surface area contributed by atoms with Gasteiger partial charge in [0.25, 0.3) is 0 Å². The van der Waals surface area contributed by atoms with Crippen molar-refractivity contribution in [1.82, 2.24) is 9.71 Å². The van der Waals surface area contributed by atoms with Crippen LogP contribution in [0.2, 0.25) is 0 Å². The number of anilines is 1. The minimum absolute atomic E-state index is 0.00842. The van der Waals surface area contributed by atoms with Gasteiger partial charge in [-0.05, 0) is 26.0 Å². The minimum atomic E-state index is -3.66. The van der Waals surface area contributed by atoms with Gasteiger partial charge in [0.1, 0.15) is 10.7 Å². The zero-order valence-electron chi connectivity index (χ0n) is 10.8. The number of carboxylic acid groups (broad SMARTS) is 1. The number of nitrogens with zero attached hydrogens (tertiary/aromatic N) is 1. The number of aromatic nitrogens is 1. The van der Waals surface area contributed by atoms with E-state index in [1.54, 1.807) is 13.8 Å². The highest BCUT2D eigenvalue weighted by Gasteiger charge is 2.20. The molecule has 0 unspecified atom stereocenters. The average molecular weight is 287 g/mol. The fraction of sp³-hybridized carbons (Fsp3) is 0.455. The molecular formula is C11H17N3O4S. The molecule has 0 saturated heterocycles. The van der Waals surface area contributed by atoms with Gasteiger partial charge in [0.05, 0.1) is 6.42 Å². The second kappa shape index (κ2) is 6.48. The molecule has 0 saturated carbocycles. The van der Waals surface area contributed by atoms with Crippen molar-refractivity contribution in [2.24, 2.45) is 0 Å². The number of hydrogen-bond donors (Lipinski definition) is 3. The second-order valence-corrected chi connectivity index (χ2v) is 5.88. The highest BCUT2D eigenvalue weighted by Crippen LogP contribution is 2.18. The summed E-state index contributed by atoms with van der Waals surface area (Å²) in [6, 6.07) is 2.69. The molecule has 0 spiro atoms. The molecule has 7 nitrogen and oxygen atoms in total. The molecule has 0 atom stereocenters. The van der Waals surface area contributed by atoms with Gasteiger partial charge in [0.2, 0.25) is 10.0 Å². The van der Waals surface area contributed by atoms with E-state index in [4.69, 9.17) is 5.11 Å². The molecule has 0 aliphatic heterocycles. The summed E-state index contributed by atoms with van der Waals surface area (Å²) in [4.78, 5) is 14.4. The monoisotopic (exact) mass is 287 g/mol. The Morgan fingerprint density at radius 3 is 2.74 bits per heavy atom. The number of pyridine rings is 1. The van der Waals surface area contributed by atoms with Crippen molar-refractivity contribution >= 4 is 21.8 Å². The molecule has 0 aliphatic carbocycles. The van der Waals surface area contributed by atoms with E-state index < -0.39 is 16.0 Å². The predicted molar refractivity (Wildman–Crippen MR) is 70.4 cm³/mol. The van der Waals surface area contributed by atoms with E-state index >= 15 is 0 Å². The Bertz CT molecular complexity index is 543. The number of nitrogens with one attached hydrogen (secondary N) is 2. The maximum atomic E-state index is 12.1. The quantitative estimate of drug-likeness (QED) is 0.679. The lowest BCUT2D eigenvalue weighted by Crippen LogP contribution is -2.31. The highest BCUT2D eigenvalue weighted by atomic mass is 32.2. The Kier molecular flexibility index (Phi) is 5.25. The van der Waals surface area contributed by atoms with E-state index in [0.717, 1.165) is 0 Å². The Morgan fingerprint density at radius 1 is 1.47 bits per heavy atom. The number of rotatable bonds is 7. The number of carboxylic acids is 1. The molecule has 0 fully saturated rings. The summed E-state index contributed by atoms with van der Waals surface area (Å²) in [6.45, 7) is 3.54. The van der Waals surface area contributed by atoms with Gasteiger partial charge in [0.15, 0.2) is 0 Å². The Morgan fingerprint density at radius 2 is 2.16 bits per heavy atom. The summed E-state index contributed by atoms with van der Waals surface area (Å²) in [6.07, 6.45) is 1.32. The molecule has 3 N–H and O–H groups in total. The lowest BCUT2D eigenvalue weighted by molar-refractivity contribution is -0.136. The van der Waals surface area contributed by atoms with E-state index in [-0.39, 0.29) is 29.7 Å². The van der Waals surface area contributed by atoms with Crippen LogP contribution in [0.15, 0.2) is 23.2 Å². The summed E-state index contributed by atoms with van der Waals surface area (Å²) < 4.78 is 26.6. The molecule has 1 aromatic rings. The highest BCUT2D eigenvalue weighted by molar-refractivity contribution is 7.89. The first-order chi connectivity index (χ1) is 8.83. The maximum Gasteiger partial charge on any atom is 0.305 e. The molecule has 0 aliphatic rings. The smallest absolute Gasteiger partial charge is 0.305 e. The molecule has 0 bridgehead atoms. The van der Waals surface area contributed by atoms with Crippen LogP contribution in [-0.4, -0.2) is 37.1 Å². The zero-order valence-corrected chi connectivity index (χ0v) is 11.6. The topological polar surface area (TPSA) is 108 Å². The third-order valence-electron chi connectivity index (χ3n) is 2.08. The largest absolute Gasteiger partial charge is 0.481 e. The summed E-state index contributed by atoms with van der Waals surface area (Å²) in [5, 5.41) is 11.3. The van der Waals surface area contributed by atoms with E-state index in [1.165, 1.54) is 18.3 Å². The fourth-order valence-electron chi connectivity index (χ4n) is 1.40. The Hall–Kier alpha value is -1.67. The Labute approximate surface area is 112 Å². The molecule has 0 radical (unpaired) electrons. The van der Waals surface area contributed by atoms with Gasteiger partial charge in [-0.15, -0.1) is 0 Å². The zero-order chi connectivity index (χ0) is 14.5. The first-order valence-corrected chi connectivity index (χ1v) is 7.24. The molecule has 0 amide bonds. The van der Waals surface area contributed by atoms with Gasteiger partial charge in [0, 0.05) is 18.8 Å². The first-order valence-electron chi connectivity index (χ1n) is 5.76. The van der Waals surface area contributed by atoms with E-state index in [9.17, 15) is 13.2 Å². The number of hydrogen-bond acceptors (Lipinski definition) is 5. The number of carbonyl (C=O) groups is 1. The molecule has 106 valence electrons. The second-order valence-electron chi connectivity index (χ2n) is 4.20. The first kappa shape index (κ1) is 15.4. The third-order valence-corrected chi connectivity index (χ3v) is 3.77. The van der Waals surface area contributed by atoms with E-state index in [1.807, 2.05) is 0 Å². The van der Waals surface area contributed by atoms with Gasteiger partial charge in [-0.2, -0.15) is 0 Å². The fourth-order valence-corrected chi connectivity index (χ4v) is 2.79. The Balaban J connectivity index is 2.92. The van der Waals surface area contributed by atoms with Crippen LogP contribution < -0.4 is 10.0 Å².